The van der Waals surface area contributed by atoms with Crippen LogP contribution >= 0.6 is 0 Å². The van der Waals surface area contributed by atoms with Gasteiger partial charge in [-0.3, -0.25) is 0 Å². The fourth-order valence-electron chi connectivity index (χ4n) is 1.67. The zero-order chi connectivity index (χ0) is 14.3. The highest BCUT2D eigenvalue weighted by molar-refractivity contribution is 5.89. The number of carboxylic acids is 1. The SMILES string of the molecule is CCCCOC(=O)NC(C)c1ccccc1C(=O)O. The van der Waals surface area contributed by atoms with Gasteiger partial charge in [-0.1, -0.05) is 31.5 Å². The lowest BCUT2D eigenvalue weighted by molar-refractivity contribution is 0.0694. The second-order valence-corrected chi connectivity index (χ2v) is 4.25. The summed E-state index contributed by atoms with van der Waals surface area (Å²) in [7, 11) is 0. The maximum atomic E-state index is 11.5. The van der Waals surface area contributed by atoms with Crippen molar-refractivity contribution in [2.75, 3.05) is 6.61 Å². The number of carbonyl (C=O) groups is 2. The Hall–Kier alpha value is -2.04. The normalized spacial score (nSPS) is 11.7. The molecule has 1 rings (SSSR count). The van der Waals surface area contributed by atoms with Gasteiger partial charge in [0.15, 0.2) is 0 Å². The number of carboxylic acid groups (broad SMARTS) is 1. The van der Waals surface area contributed by atoms with Crippen LogP contribution in [0.15, 0.2) is 24.3 Å². The summed E-state index contributed by atoms with van der Waals surface area (Å²) in [6.07, 6.45) is 1.24. The molecule has 1 aromatic carbocycles. The third-order valence-electron chi connectivity index (χ3n) is 2.72. The van der Waals surface area contributed by atoms with E-state index in [1.54, 1.807) is 25.1 Å². The highest BCUT2D eigenvalue weighted by atomic mass is 16.5. The summed E-state index contributed by atoms with van der Waals surface area (Å²) in [6, 6.07) is 6.17. The molecule has 0 saturated carbocycles. The van der Waals surface area contributed by atoms with Crippen molar-refractivity contribution >= 4 is 12.1 Å². The number of carbonyl (C=O) groups excluding carboxylic acids is 1. The van der Waals surface area contributed by atoms with E-state index in [9.17, 15) is 9.59 Å². The molecule has 0 bridgehead atoms. The molecule has 0 radical (unpaired) electrons. The van der Waals surface area contributed by atoms with E-state index in [4.69, 9.17) is 9.84 Å². The van der Waals surface area contributed by atoms with Crippen molar-refractivity contribution < 1.29 is 19.4 Å². The van der Waals surface area contributed by atoms with Crippen molar-refractivity contribution in [1.29, 1.82) is 0 Å². The maximum Gasteiger partial charge on any atom is 0.407 e. The second kappa shape index (κ2) is 7.41. The third-order valence-corrected chi connectivity index (χ3v) is 2.72. The van der Waals surface area contributed by atoms with Crippen LogP contribution in [0.1, 0.15) is 48.7 Å². The minimum absolute atomic E-state index is 0.184. The van der Waals surface area contributed by atoms with Crippen molar-refractivity contribution in [3.63, 3.8) is 0 Å². The standard InChI is InChI=1S/C14H19NO4/c1-3-4-9-19-14(18)15-10(2)11-7-5-6-8-12(11)13(16)17/h5-8,10H,3-4,9H2,1-2H3,(H,15,18)(H,16,17). The fraction of sp³-hybridized carbons (Fsp3) is 0.429. The quantitative estimate of drug-likeness (QED) is 0.775. The van der Waals surface area contributed by atoms with Gasteiger partial charge in [-0.15, -0.1) is 0 Å². The van der Waals surface area contributed by atoms with Gasteiger partial charge in [0.1, 0.15) is 0 Å². The summed E-state index contributed by atoms with van der Waals surface area (Å²) < 4.78 is 4.98. The van der Waals surface area contributed by atoms with E-state index in [0.717, 1.165) is 12.8 Å². The number of benzene rings is 1. The molecule has 0 fully saturated rings. The Morgan fingerprint density at radius 1 is 1.37 bits per heavy atom. The molecular formula is C14H19NO4. The van der Waals surface area contributed by atoms with Crippen LogP contribution in [0, 0.1) is 0 Å². The van der Waals surface area contributed by atoms with Crippen LogP contribution in [-0.2, 0) is 4.74 Å². The van der Waals surface area contributed by atoms with E-state index in [0.29, 0.717) is 12.2 Å². The van der Waals surface area contributed by atoms with E-state index in [-0.39, 0.29) is 5.56 Å². The summed E-state index contributed by atoms with van der Waals surface area (Å²) in [5, 5.41) is 11.7. The number of aromatic carboxylic acids is 1. The summed E-state index contributed by atoms with van der Waals surface area (Å²) in [6.45, 7) is 4.10. The van der Waals surface area contributed by atoms with Crippen LogP contribution in [0.5, 0.6) is 0 Å². The molecular weight excluding hydrogens is 246 g/mol. The number of hydrogen-bond donors (Lipinski definition) is 2. The zero-order valence-electron chi connectivity index (χ0n) is 11.2. The molecule has 19 heavy (non-hydrogen) atoms. The Balaban J connectivity index is 2.65. The summed E-state index contributed by atoms with van der Waals surface area (Å²) in [5.74, 6) is -1.01. The molecule has 0 aliphatic carbocycles. The first kappa shape index (κ1) is 15.0. The molecule has 5 nitrogen and oxygen atoms in total. The van der Waals surface area contributed by atoms with Gasteiger partial charge in [0.05, 0.1) is 18.2 Å². The second-order valence-electron chi connectivity index (χ2n) is 4.25. The van der Waals surface area contributed by atoms with Crippen LogP contribution in [0.3, 0.4) is 0 Å². The van der Waals surface area contributed by atoms with E-state index in [2.05, 4.69) is 5.32 Å². The molecule has 2 N–H and O–H groups in total. The van der Waals surface area contributed by atoms with E-state index >= 15 is 0 Å². The summed E-state index contributed by atoms with van der Waals surface area (Å²) >= 11 is 0. The van der Waals surface area contributed by atoms with Gasteiger partial charge < -0.3 is 15.2 Å². The Morgan fingerprint density at radius 3 is 2.68 bits per heavy atom. The van der Waals surface area contributed by atoms with Gasteiger partial charge in [-0.05, 0) is 25.0 Å². The minimum Gasteiger partial charge on any atom is -0.478 e. The predicted octanol–water partition coefficient (Wildman–Crippen LogP) is 2.97. The number of nitrogens with one attached hydrogen (secondary N) is 1. The molecule has 0 aromatic heterocycles. The average molecular weight is 265 g/mol. The molecule has 0 aliphatic heterocycles. The van der Waals surface area contributed by atoms with E-state index < -0.39 is 18.1 Å². The number of unbranched alkanes of at least 4 members (excludes halogenated alkanes) is 1. The molecule has 0 aliphatic rings. The average Bonchev–Trinajstić information content (AvgIpc) is 2.39. The largest absolute Gasteiger partial charge is 0.478 e. The van der Waals surface area contributed by atoms with Crippen LogP contribution in [0.2, 0.25) is 0 Å². The predicted molar refractivity (Wildman–Crippen MR) is 71.2 cm³/mol. The Labute approximate surface area is 112 Å². The van der Waals surface area contributed by atoms with E-state index in [1.165, 1.54) is 6.07 Å². The van der Waals surface area contributed by atoms with E-state index in [1.807, 2.05) is 6.92 Å². The minimum atomic E-state index is -1.01. The van der Waals surface area contributed by atoms with Crippen molar-refractivity contribution in [2.45, 2.75) is 32.7 Å². The van der Waals surface area contributed by atoms with Crippen molar-refractivity contribution in [2.24, 2.45) is 0 Å². The first-order chi connectivity index (χ1) is 9.06. The van der Waals surface area contributed by atoms with Gasteiger partial charge in [0, 0.05) is 0 Å². The highest BCUT2D eigenvalue weighted by Gasteiger charge is 2.16. The lowest BCUT2D eigenvalue weighted by Crippen LogP contribution is -2.28. The first-order valence-corrected chi connectivity index (χ1v) is 6.31. The molecule has 0 spiro atoms. The van der Waals surface area contributed by atoms with Crippen LogP contribution < -0.4 is 5.32 Å². The third kappa shape index (κ3) is 4.62. The molecule has 104 valence electrons. The number of alkyl carbamates (subject to hydrolysis) is 1. The number of rotatable bonds is 6. The van der Waals surface area contributed by atoms with Gasteiger partial charge in [-0.25, -0.2) is 9.59 Å². The lowest BCUT2D eigenvalue weighted by Gasteiger charge is -2.16. The smallest absolute Gasteiger partial charge is 0.407 e. The molecule has 1 unspecified atom stereocenters. The van der Waals surface area contributed by atoms with Crippen LogP contribution in [0.4, 0.5) is 4.79 Å². The zero-order valence-corrected chi connectivity index (χ0v) is 11.2. The van der Waals surface area contributed by atoms with Gasteiger partial charge >= 0.3 is 12.1 Å². The van der Waals surface area contributed by atoms with Crippen molar-refractivity contribution in [3.05, 3.63) is 35.4 Å². The van der Waals surface area contributed by atoms with Gasteiger partial charge in [-0.2, -0.15) is 0 Å². The first-order valence-electron chi connectivity index (χ1n) is 6.31. The monoisotopic (exact) mass is 265 g/mol. The number of hydrogen-bond acceptors (Lipinski definition) is 3. The van der Waals surface area contributed by atoms with Gasteiger partial charge in [0.25, 0.3) is 0 Å². The number of ether oxygens (including phenoxy) is 1. The van der Waals surface area contributed by atoms with Crippen LogP contribution in [-0.4, -0.2) is 23.8 Å². The number of amides is 1. The van der Waals surface area contributed by atoms with Gasteiger partial charge in [0.2, 0.25) is 0 Å². The summed E-state index contributed by atoms with van der Waals surface area (Å²) in [4.78, 5) is 22.6. The Morgan fingerprint density at radius 2 is 2.05 bits per heavy atom. The molecule has 1 aromatic rings. The Kier molecular flexibility index (Phi) is 5.85. The molecule has 0 heterocycles. The maximum absolute atomic E-state index is 11.5. The lowest BCUT2D eigenvalue weighted by atomic mass is 10.0. The van der Waals surface area contributed by atoms with Crippen LogP contribution in [0.25, 0.3) is 0 Å². The molecule has 5 heteroatoms. The topological polar surface area (TPSA) is 75.6 Å². The molecule has 0 saturated heterocycles. The fourth-order valence-corrected chi connectivity index (χ4v) is 1.67. The summed E-state index contributed by atoms with van der Waals surface area (Å²) in [5.41, 5.74) is 0.742. The Bertz CT molecular complexity index is 445. The van der Waals surface area contributed by atoms with Crippen molar-refractivity contribution in [3.8, 4) is 0 Å². The molecule has 1 atom stereocenters. The highest BCUT2D eigenvalue weighted by Crippen LogP contribution is 2.17. The molecule has 1 amide bonds. The van der Waals surface area contributed by atoms with Crippen molar-refractivity contribution in [1.82, 2.24) is 5.32 Å².